The maximum Gasteiger partial charge on any atom is 0.220 e. The molecule has 0 aliphatic heterocycles. The van der Waals surface area contributed by atoms with E-state index in [-0.39, 0.29) is 5.91 Å². The molecule has 114 valence electrons. The van der Waals surface area contributed by atoms with Gasteiger partial charge in [-0.2, -0.15) is 11.3 Å². The average Bonchev–Trinajstić information content (AvgIpc) is 3.19. The lowest BCUT2D eigenvalue weighted by atomic mass is 10.2. The summed E-state index contributed by atoms with van der Waals surface area (Å²) in [6.07, 6.45) is 4.46. The van der Waals surface area contributed by atoms with Gasteiger partial charge in [-0.15, -0.1) is 0 Å². The van der Waals surface area contributed by atoms with Crippen LogP contribution in [0.15, 0.2) is 53.4 Å². The molecule has 1 N–H and O–H groups in total. The number of fused-ring (bicyclic) bond motifs is 1. The summed E-state index contributed by atoms with van der Waals surface area (Å²) in [6.45, 7) is 1.66. The second kappa shape index (κ2) is 7.27. The minimum atomic E-state index is 0.142. The fraction of sp³-hybridized carbons (Fsp3) is 0.278. The summed E-state index contributed by atoms with van der Waals surface area (Å²) in [5.41, 5.74) is 2.50. The molecular weight excluding hydrogens is 292 g/mol. The van der Waals surface area contributed by atoms with E-state index in [0.717, 1.165) is 25.9 Å². The van der Waals surface area contributed by atoms with Crippen molar-refractivity contribution in [1.82, 2.24) is 9.88 Å². The normalized spacial score (nSPS) is 10.9. The van der Waals surface area contributed by atoms with E-state index in [1.165, 1.54) is 16.5 Å². The third-order valence-electron chi connectivity index (χ3n) is 3.80. The van der Waals surface area contributed by atoms with Gasteiger partial charge in [0.05, 0.1) is 0 Å². The van der Waals surface area contributed by atoms with Gasteiger partial charge in [-0.05, 0) is 52.8 Å². The summed E-state index contributed by atoms with van der Waals surface area (Å²) in [5.74, 6) is 0.142. The average molecular weight is 312 g/mol. The number of nitrogens with one attached hydrogen (secondary N) is 1. The Kier molecular flexibility index (Phi) is 4.91. The Morgan fingerprint density at radius 2 is 2.09 bits per heavy atom. The summed E-state index contributed by atoms with van der Waals surface area (Å²) in [6, 6.07) is 12.6. The third-order valence-corrected chi connectivity index (χ3v) is 4.53. The van der Waals surface area contributed by atoms with Gasteiger partial charge in [-0.1, -0.05) is 18.2 Å². The largest absolute Gasteiger partial charge is 0.356 e. The van der Waals surface area contributed by atoms with E-state index in [1.807, 2.05) is 0 Å². The predicted octanol–water partition coefficient (Wildman–Crippen LogP) is 3.84. The highest BCUT2D eigenvalue weighted by molar-refractivity contribution is 7.07. The van der Waals surface area contributed by atoms with Crippen molar-refractivity contribution in [2.24, 2.45) is 0 Å². The van der Waals surface area contributed by atoms with Gasteiger partial charge < -0.3 is 9.88 Å². The van der Waals surface area contributed by atoms with E-state index in [1.54, 1.807) is 11.3 Å². The smallest absolute Gasteiger partial charge is 0.220 e. The number of carbonyl (C=O) groups is 1. The van der Waals surface area contributed by atoms with Crippen molar-refractivity contribution in [1.29, 1.82) is 0 Å². The van der Waals surface area contributed by atoms with Crippen molar-refractivity contribution < 1.29 is 4.79 Å². The predicted molar refractivity (Wildman–Crippen MR) is 92.2 cm³/mol. The molecule has 0 bridgehead atoms. The number of para-hydroxylation sites is 1. The first kappa shape index (κ1) is 14.9. The number of nitrogens with zero attached hydrogens (tertiary/aromatic N) is 1. The molecule has 22 heavy (non-hydrogen) atoms. The van der Waals surface area contributed by atoms with Crippen LogP contribution in [0.25, 0.3) is 10.9 Å². The second-order valence-corrected chi connectivity index (χ2v) is 6.18. The monoisotopic (exact) mass is 312 g/mol. The van der Waals surface area contributed by atoms with Gasteiger partial charge in [0.25, 0.3) is 0 Å². The molecular formula is C18H20N2OS. The van der Waals surface area contributed by atoms with Gasteiger partial charge in [0.2, 0.25) is 5.91 Å². The summed E-state index contributed by atoms with van der Waals surface area (Å²) in [4.78, 5) is 11.8. The van der Waals surface area contributed by atoms with Crippen LogP contribution in [0.4, 0.5) is 0 Å². The molecule has 3 aromatic rings. The van der Waals surface area contributed by atoms with Crippen molar-refractivity contribution in [2.45, 2.75) is 25.8 Å². The number of benzene rings is 1. The molecule has 0 saturated carbocycles. The van der Waals surface area contributed by atoms with Gasteiger partial charge in [0.15, 0.2) is 0 Å². The minimum Gasteiger partial charge on any atom is -0.356 e. The van der Waals surface area contributed by atoms with Crippen LogP contribution in [0.5, 0.6) is 0 Å². The standard InChI is InChI=1S/C18H20N2OS/c21-18(7-6-15-9-13-22-14-15)19-10-3-11-20-12-8-16-4-1-2-5-17(16)20/h1-2,4-5,8-9,12-14H,3,6-7,10-11H2,(H,19,21). The SMILES string of the molecule is O=C(CCc1ccsc1)NCCCn1ccc2ccccc21. The Hall–Kier alpha value is -2.07. The van der Waals surface area contributed by atoms with Crippen LogP contribution in [0.2, 0.25) is 0 Å². The van der Waals surface area contributed by atoms with Crippen LogP contribution in [-0.4, -0.2) is 17.0 Å². The number of carbonyl (C=O) groups excluding carboxylic acids is 1. The number of aryl methyl sites for hydroxylation is 2. The Bertz CT molecular complexity index is 730. The zero-order valence-electron chi connectivity index (χ0n) is 12.5. The van der Waals surface area contributed by atoms with Gasteiger partial charge in [-0.3, -0.25) is 4.79 Å². The fourth-order valence-corrected chi connectivity index (χ4v) is 3.30. The molecule has 0 aliphatic rings. The van der Waals surface area contributed by atoms with Crippen LogP contribution in [-0.2, 0) is 17.8 Å². The first-order valence-electron chi connectivity index (χ1n) is 7.64. The summed E-state index contributed by atoms with van der Waals surface area (Å²) < 4.78 is 2.24. The molecule has 2 heterocycles. The molecule has 0 radical (unpaired) electrons. The highest BCUT2D eigenvalue weighted by Gasteiger charge is 2.03. The Balaban J connectivity index is 1.39. The molecule has 3 rings (SSSR count). The number of rotatable bonds is 7. The molecule has 4 heteroatoms. The summed E-state index contributed by atoms with van der Waals surface area (Å²) >= 11 is 1.68. The van der Waals surface area contributed by atoms with Crippen LogP contribution in [0, 0.1) is 0 Å². The zero-order valence-corrected chi connectivity index (χ0v) is 13.3. The van der Waals surface area contributed by atoms with Crippen molar-refractivity contribution >= 4 is 28.1 Å². The quantitative estimate of drug-likeness (QED) is 0.661. The minimum absolute atomic E-state index is 0.142. The topological polar surface area (TPSA) is 34.0 Å². The first-order valence-corrected chi connectivity index (χ1v) is 8.59. The van der Waals surface area contributed by atoms with Crippen molar-refractivity contribution in [3.8, 4) is 0 Å². The van der Waals surface area contributed by atoms with Crippen LogP contribution in [0.3, 0.4) is 0 Å². The fourth-order valence-electron chi connectivity index (χ4n) is 2.59. The van der Waals surface area contributed by atoms with Gasteiger partial charge in [-0.25, -0.2) is 0 Å². The first-order chi connectivity index (χ1) is 10.8. The maximum atomic E-state index is 11.8. The molecule has 0 unspecified atom stereocenters. The van der Waals surface area contributed by atoms with Gasteiger partial charge >= 0.3 is 0 Å². The molecule has 1 aromatic carbocycles. The van der Waals surface area contributed by atoms with E-state index in [9.17, 15) is 4.79 Å². The summed E-state index contributed by atoms with van der Waals surface area (Å²) in [7, 11) is 0. The van der Waals surface area contributed by atoms with E-state index < -0.39 is 0 Å². The number of hydrogen-bond donors (Lipinski definition) is 1. The van der Waals surface area contributed by atoms with Crippen molar-refractivity contribution in [3.05, 3.63) is 58.9 Å². The molecule has 3 nitrogen and oxygen atoms in total. The van der Waals surface area contributed by atoms with E-state index in [2.05, 4.69) is 63.2 Å². The molecule has 0 aliphatic carbocycles. The summed E-state index contributed by atoms with van der Waals surface area (Å²) in [5, 5.41) is 8.42. The van der Waals surface area contributed by atoms with Gasteiger partial charge in [0.1, 0.15) is 0 Å². The zero-order chi connectivity index (χ0) is 15.2. The van der Waals surface area contributed by atoms with Crippen LogP contribution < -0.4 is 5.32 Å². The maximum absolute atomic E-state index is 11.8. The number of aromatic nitrogens is 1. The van der Waals surface area contributed by atoms with E-state index >= 15 is 0 Å². The molecule has 1 amide bonds. The van der Waals surface area contributed by atoms with E-state index in [0.29, 0.717) is 6.42 Å². The second-order valence-electron chi connectivity index (χ2n) is 5.40. The Morgan fingerprint density at radius 3 is 2.95 bits per heavy atom. The molecule has 0 atom stereocenters. The van der Waals surface area contributed by atoms with Crippen LogP contribution in [0.1, 0.15) is 18.4 Å². The number of thiophene rings is 1. The Labute approximate surface area is 134 Å². The molecule has 2 aromatic heterocycles. The number of amides is 1. The molecule has 0 spiro atoms. The van der Waals surface area contributed by atoms with Crippen LogP contribution >= 0.6 is 11.3 Å². The lowest BCUT2D eigenvalue weighted by molar-refractivity contribution is -0.121. The van der Waals surface area contributed by atoms with Crippen molar-refractivity contribution in [2.75, 3.05) is 6.54 Å². The lowest BCUT2D eigenvalue weighted by Crippen LogP contribution is -2.25. The van der Waals surface area contributed by atoms with Gasteiger partial charge in [0, 0.05) is 31.2 Å². The lowest BCUT2D eigenvalue weighted by Gasteiger charge is -2.07. The van der Waals surface area contributed by atoms with Crippen molar-refractivity contribution in [3.63, 3.8) is 0 Å². The molecule has 0 fully saturated rings. The highest BCUT2D eigenvalue weighted by Crippen LogP contribution is 2.15. The third kappa shape index (κ3) is 3.77. The number of hydrogen-bond acceptors (Lipinski definition) is 2. The van der Waals surface area contributed by atoms with E-state index in [4.69, 9.17) is 0 Å². The highest BCUT2D eigenvalue weighted by atomic mass is 32.1. The Morgan fingerprint density at radius 1 is 1.18 bits per heavy atom. The molecule has 0 saturated heterocycles.